The molecule has 3 nitrogen and oxygen atoms in total. The summed E-state index contributed by atoms with van der Waals surface area (Å²) in [5.74, 6) is 2.07. The molecule has 0 aliphatic rings. The van der Waals surface area contributed by atoms with Crippen molar-refractivity contribution < 1.29 is 29.6 Å². The maximum atomic E-state index is 12.6. The average Bonchev–Trinajstić information content (AvgIpc) is 2.85. The Kier molecular flexibility index (Phi) is 7.91. The third kappa shape index (κ3) is 4.46. The van der Waals surface area contributed by atoms with Crippen molar-refractivity contribution in [3.05, 3.63) is 45.9 Å². The predicted molar refractivity (Wildman–Crippen MR) is 109 cm³/mol. The number of allylic oxidation sites excluding steroid dienone is 1. The fourth-order valence-electron chi connectivity index (χ4n) is 3.24. The number of nitrogens with zero attached hydrogens (tertiary/aromatic N) is 1. The average molecular weight is 490 g/mol. The van der Waals surface area contributed by atoms with Gasteiger partial charge in [0.25, 0.3) is 0 Å². The molecule has 2 unspecified atom stereocenters. The summed E-state index contributed by atoms with van der Waals surface area (Å²) in [7, 11) is 1.97. The first kappa shape index (κ1) is 20.9. The number of aryl methyl sites for hydroxylation is 4. The number of hydrogen-bond donors (Lipinski definition) is 0. The van der Waals surface area contributed by atoms with Gasteiger partial charge in [-0.05, 0) is 0 Å². The van der Waals surface area contributed by atoms with Crippen molar-refractivity contribution in [2.75, 3.05) is 6.61 Å². The van der Waals surface area contributed by atoms with Gasteiger partial charge in [-0.2, -0.15) is 0 Å². The van der Waals surface area contributed by atoms with Crippen molar-refractivity contribution in [3.63, 3.8) is 0 Å². The van der Waals surface area contributed by atoms with Crippen LogP contribution in [0.15, 0.2) is 18.0 Å². The fourth-order valence-corrected chi connectivity index (χ4v) is 6.42. The number of ether oxygens (including phenoxy) is 1. The zero-order valence-corrected chi connectivity index (χ0v) is 19.9. The van der Waals surface area contributed by atoms with Gasteiger partial charge >= 0.3 is 164 Å². The van der Waals surface area contributed by atoms with E-state index in [0.29, 0.717) is 12.3 Å². The van der Waals surface area contributed by atoms with Crippen LogP contribution in [0.4, 0.5) is 0 Å². The molecule has 0 spiro atoms. The van der Waals surface area contributed by atoms with Crippen LogP contribution in [0.3, 0.4) is 0 Å². The second-order valence-corrected chi connectivity index (χ2v) is 15.0. The number of rotatable bonds is 7. The van der Waals surface area contributed by atoms with Crippen molar-refractivity contribution in [1.82, 2.24) is 4.57 Å². The molecule has 2 rings (SSSR count). The first-order valence-corrected chi connectivity index (χ1v) is 16.8. The zero-order valence-electron chi connectivity index (χ0n) is 15.6. The molecule has 1 heterocycles. The van der Waals surface area contributed by atoms with Gasteiger partial charge < -0.3 is 0 Å². The van der Waals surface area contributed by atoms with E-state index in [1.807, 2.05) is 18.5 Å². The third-order valence-corrected chi connectivity index (χ3v) is 9.88. The predicted octanol–water partition coefficient (Wildman–Crippen LogP) is 2.20. The van der Waals surface area contributed by atoms with Gasteiger partial charge in [-0.1, -0.05) is 0 Å². The van der Waals surface area contributed by atoms with Gasteiger partial charge in [-0.25, -0.2) is 0 Å². The number of aromatic nitrogens is 1. The molecule has 138 valence electrons. The second kappa shape index (κ2) is 9.48. The van der Waals surface area contributed by atoms with Crippen molar-refractivity contribution in [2.24, 2.45) is 7.05 Å². The van der Waals surface area contributed by atoms with E-state index in [0.717, 1.165) is 30.1 Å². The number of halogens is 1. The monoisotopic (exact) mass is 490 g/mol. The number of carbonyl (C=O) groups is 1. The molecule has 0 saturated heterocycles. The van der Waals surface area contributed by atoms with Crippen molar-refractivity contribution in [2.45, 2.75) is 40.5 Å². The van der Waals surface area contributed by atoms with E-state index in [9.17, 15) is 4.79 Å². The van der Waals surface area contributed by atoms with E-state index in [1.54, 1.807) is 0 Å². The van der Waals surface area contributed by atoms with Crippen LogP contribution in [-0.4, -0.2) is 17.1 Å². The maximum absolute atomic E-state index is 12.6. The van der Waals surface area contributed by atoms with E-state index in [-0.39, 0.29) is 26.1 Å². The number of benzene rings is 1. The standard InChI is InChI=1S/C19H27INO2P2/c1-6-23-19(22)18-15(9-7-8-10-25-20-24)17-14(4)13(3)12(2)11-16(17)21(18)5/h8,10-11,25H,6-7,9,24H2,1-5H3/q-1/b10-8+. The Balaban J connectivity index is 2.59. The molecule has 1 aromatic carbocycles. The van der Waals surface area contributed by atoms with Crippen LogP contribution in [0.2, 0.25) is 0 Å². The summed E-state index contributed by atoms with van der Waals surface area (Å²) in [5, 5.41) is 1.22. The number of hydrogen-bond acceptors (Lipinski definition) is 2. The van der Waals surface area contributed by atoms with E-state index in [2.05, 4.69) is 45.6 Å². The Morgan fingerprint density at radius 1 is 1.36 bits per heavy atom. The Bertz CT molecular complexity index is 812. The topological polar surface area (TPSA) is 31.2 Å². The van der Waals surface area contributed by atoms with E-state index < -0.39 is 0 Å². The molecule has 0 aliphatic heterocycles. The fraction of sp³-hybridized carbons (Fsp3) is 0.421. The Labute approximate surface area is 163 Å². The molecule has 2 atom stereocenters. The van der Waals surface area contributed by atoms with Crippen LogP contribution in [0, 0.1) is 20.8 Å². The zero-order chi connectivity index (χ0) is 18.6. The molecule has 25 heavy (non-hydrogen) atoms. The van der Waals surface area contributed by atoms with Gasteiger partial charge in [-0.15, -0.1) is 0 Å². The molecule has 0 aliphatic carbocycles. The van der Waals surface area contributed by atoms with Crippen LogP contribution < -0.4 is 20.1 Å². The first-order chi connectivity index (χ1) is 11.9. The number of fused-ring (bicyclic) bond motifs is 1. The van der Waals surface area contributed by atoms with Crippen molar-refractivity contribution in [3.8, 4) is 0 Å². The second-order valence-electron chi connectivity index (χ2n) is 6.10. The molecule has 2 aromatic rings. The van der Waals surface area contributed by atoms with Gasteiger partial charge in [0.2, 0.25) is 0 Å². The number of esters is 1. The molecule has 0 amide bonds. The van der Waals surface area contributed by atoms with Crippen LogP contribution in [-0.2, 0) is 18.2 Å². The van der Waals surface area contributed by atoms with Gasteiger partial charge in [0, 0.05) is 0 Å². The van der Waals surface area contributed by atoms with E-state index in [4.69, 9.17) is 4.74 Å². The Morgan fingerprint density at radius 2 is 2.08 bits per heavy atom. The van der Waals surface area contributed by atoms with Crippen LogP contribution in [0.25, 0.3) is 10.9 Å². The van der Waals surface area contributed by atoms with Crippen LogP contribution >= 0.6 is 13.1 Å². The minimum absolute atomic E-state index is 0.215. The van der Waals surface area contributed by atoms with Gasteiger partial charge in [0.1, 0.15) is 0 Å². The summed E-state index contributed by atoms with van der Waals surface area (Å²) < 4.78 is 7.37. The summed E-state index contributed by atoms with van der Waals surface area (Å²) in [4.78, 5) is 12.6. The molecule has 0 saturated carbocycles. The Morgan fingerprint density at radius 3 is 2.72 bits per heavy atom. The summed E-state index contributed by atoms with van der Waals surface area (Å²) in [6, 6.07) is 2.19. The van der Waals surface area contributed by atoms with Gasteiger partial charge in [-0.3, -0.25) is 0 Å². The van der Waals surface area contributed by atoms with Crippen molar-refractivity contribution >= 4 is 30.0 Å². The molecule has 0 radical (unpaired) electrons. The quantitative estimate of drug-likeness (QED) is 0.339. The van der Waals surface area contributed by atoms with Gasteiger partial charge in [0.15, 0.2) is 0 Å². The molecule has 1 aromatic heterocycles. The normalized spacial score (nSPS) is 12.2. The summed E-state index contributed by atoms with van der Waals surface area (Å²) >= 11 is 0.253. The molecule has 0 fully saturated rings. The third-order valence-electron chi connectivity index (χ3n) is 4.70. The minimum atomic E-state index is -0.215. The molecular weight excluding hydrogens is 463 g/mol. The summed E-state index contributed by atoms with van der Waals surface area (Å²) in [6.07, 6.45) is 5.03. The first-order valence-electron chi connectivity index (χ1n) is 8.42. The molecular formula is C19H27INO2P2-. The summed E-state index contributed by atoms with van der Waals surface area (Å²) in [5.41, 5.74) is 6.81. The van der Waals surface area contributed by atoms with Crippen LogP contribution in [0.1, 0.15) is 46.1 Å². The molecule has 0 bridgehead atoms. The number of carbonyl (C=O) groups excluding carboxylic acids is 1. The molecule has 0 N–H and O–H groups in total. The SMILES string of the molecule is CCOC(=O)c1c(CC/C=C/P[I-]P)c2c(C)c(C)c(C)cc2n1C. The van der Waals surface area contributed by atoms with Gasteiger partial charge in [0.05, 0.1) is 0 Å². The molecule has 6 heteroatoms. The van der Waals surface area contributed by atoms with Crippen LogP contribution in [0.5, 0.6) is 0 Å². The summed E-state index contributed by atoms with van der Waals surface area (Å²) in [6.45, 7) is 11.6. The van der Waals surface area contributed by atoms with E-state index in [1.165, 1.54) is 22.1 Å². The Hall–Kier alpha value is -0.440. The van der Waals surface area contributed by atoms with Crippen molar-refractivity contribution in [1.29, 1.82) is 0 Å². The van der Waals surface area contributed by atoms with E-state index >= 15 is 0 Å².